The lowest BCUT2D eigenvalue weighted by Crippen LogP contribution is -2.49. The summed E-state index contributed by atoms with van der Waals surface area (Å²) in [4.78, 5) is 2.33. The smallest absolute Gasteiger partial charge is 0.218 e. The minimum Gasteiger partial charge on any atom is -0.294 e. The van der Waals surface area contributed by atoms with E-state index in [-0.39, 0.29) is 5.75 Å². The van der Waals surface area contributed by atoms with Crippen molar-refractivity contribution in [2.24, 2.45) is 0 Å². The largest absolute Gasteiger partial charge is 0.294 e. The van der Waals surface area contributed by atoms with Gasteiger partial charge in [-0.25, -0.2) is 8.42 Å². The first-order chi connectivity index (χ1) is 12.0. The van der Waals surface area contributed by atoms with Gasteiger partial charge in [0, 0.05) is 37.2 Å². The van der Waals surface area contributed by atoms with Crippen LogP contribution in [0.2, 0.25) is 5.02 Å². The van der Waals surface area contributed by atoms with Gasteiger partial charge in [-0.2, -0.15) is 4.31 Å². The highest BCUT2D eigenvalue weighted by Crippen LogP contribution is 2.23. The number of sulfonamides is 1. The first kappa shape index (κ1) is 18.4. The molecule has 1 saturated heterocycles. The van der Waals surface area contributed by atoms with Gasteiger partial charge >= 0.3 is 0 Å². The van der Waals surface area contributed by atoms with Crippen molar-refractivity contribution in [3.05, 3.63) is 70.7 Å². The zero-order valence-electron chi connectivity index (χ0n) is 14.3. The number of piperazine rings is 1. The van der Waals surface area contributed by atoms with Crippen LogP contribution in [0.1, 0.15) is 24.1 Å². The molecule has 0 radical (unpaired) electrons. The molecule has 1 fully saturated rings. The van der Waals surface area contributed by atoms with Crippen LogP contribution in [-0.4, -0.2) is 43.8 Å². The predicted octanol–water partition coefficient (Wildman–Crippen LogP) is 3.55. The van der Waals surface area contributed by atoms with Gasteiger partial charge in [-0.05, 0) is 30.2 Å². The summed E-state index contributed by atoms with van der Waals surface area (Å²) in [6, 6.07) is 17.7. The van der Waals surface area contributed by atoms with E-state index < -0.39 is 10.0 Å². The summed E-state index contributed by atoms with van der Waals surface area (Å²) in [6.07, 6.45) is 0. The van der Waals surface area contributed by atoms with E-state index >= 15 is 0 Å². The maximum absolute atomic E-state index is 12.7. The van der Waals surface area contributed by atoms with Crippen molar-refractivity contribution in [3.63, 3.8) is 0 Å². The van der Waals surface area contributed by atoms with Crippen molar-refractivity contribution in [2.75, 3.05) is 26.2 Å². The van der Waals surface area contributed by atoms with Crippen LogP contribution in [0.15, 0.2) is 54.6 Å². The highest BCUT2D eigenvalue weighted by atomic mass is 35.5. The molecule has 0 aliphatic carbocycles. The summed E-state index contributed by atoms with van der Waals surface area (Å²) >= 11 is 5.96. The van der Waals surface area contributed by atoms with E-state index in [0.29, 0.717) is 24.2 Å². The fourth-order valence-electron chi connectivity index (χ4n) is 3.24. The standard InChI is InChI=1S/C19H23ClN2O2S/c1-16(18-7-3-2-4-8-18)21-10-12-22(13-11-21)25(23,24)15-17-6-5-9-19(20)14-17/h2-9,14,16H,10-13,15H2,1H3. The molecule has 0 saturated carbocycles. The lowest BCUT2D eigenvalue weighted by molar-refractivity contribution is 0.146. The fourth-order valence-corrected chi connectivity index (χ4v) is 4.96. The van der Waals surface area contributed by atoms with Gasteiger partial charge in [0.05, 0.1) is 5.75 Å². The second kappa shape index (κ2) is 7.87. The zero-order valence-corrected chi connectivity index (χ0v) is 15.9. The molecular formula is C19H23ClN2O2S. The van der Waals surface area contributed by atoms with Crippen LogP contribution >= 0.6 is 11.6 Å². The molecule has 0 aromatic heterocycles. The van der Waals surface area contributed by atoms with Gasteiger partial charge in [-0.15, -0.1) is 0 Å². The molecule has 0 bridgehead atoms. The van der Waals surface area contributed by atoms with Crippen molar-refractivity contribution in [1.82, 2.24) is 9.21 Å². The van der Waals surface area contributed by atoms with E-state index in [2.05, 4.69) is 24.0 Å². The third-order valence-corrected chi connectivity index (χ3v) is 6.82. The first-order valence-electron chi connectivity index (χ1n) is 8.47. The van der Waals surface area contributed by atoms with Crippen LogP contribution in [0.3, 0.4) is 0 Å². The third kappa shape index (κ3) is 4.61. The average Bonchev–Trinajstić information content (AvgIpc) is 2.61. The Balaban J connectivity index is 1.61. The van der Waals surface area contributed by atoms with Gasteiger partial charge in [-0.1, -0.05) is 54.1 Å². The third-order valence-electron chi connectivity index (χ3n) is 4.73. The van der Waals surface area contributed by atoms with E-state index in [9.17, 15) is 8.42 Å². The minimum atomic E-state index is -3.32. The topological polar surface area (TPSA) is 40.6 Å². The van der Waals surface area contributed by atoms with Crippen LogP contribution in [0, 0.1) is 0 Å². The number of nitrogens with zero attached hydrogens (tertiary/aromatic N) is 2. The van der Waals surface area contributed by atoms with Gasteiger partial charge < -0.3 is 0 Å². The van der Waals surface area contributed by atoms with Gasteiger partial charge in [0.15, 0.2) is 0 Å². The summed E-state index contributed by atoms with van der Waals surface area (Å²) < 4.78 is 27.0. The second-order valence-corrected chi connectivity index (χ2v) is 8.81. The molecule has 25 heavy (non-hydrogen) atoms. The van der Waals surface area contributed by atoms with Gasteiger partial charge in [-0.3, -0.25) is 4.90 Å². The molecule has 4 nitrogen and oxygen atoms in total. The molecule has 2 aromatic rings. The van der Waals surface area contributed by atoms with E-state index in [4.69, 9.17) is 11.6 Å². The summed E-state index contributed by atoms with van der Waals surface area (Å²) in [5.41, 5.74) is 1.99. The molecule has 0 amide bonds. The van der Waals surface area contributed by atoms with E-state index in [1.807, 2.05) is 18.2 Å². The van der Waals surface area contributed by atoms with Crippen LogP contribution in [0.5, 0.6) is 0 Å². The normalized spacial score (nSPS) is 18.2. The van der Waals surface area contributed by atoms with Crippen molar-refractivity contribution in [3.8, 4) is 0 Å². The summed E-state index contributed by atoms with van der Waals surface area (Å²) in [5.74, 6) is 0.00178. The zero-order chi connectivity index (χ0) is 17.9. The maximum atomic E-state index is 12.7. The highest BCUT2D eigenvalue weighted by Gasteiger charge is 2.29. The van der Waals surface area contributed by atoms with Crippen LogP contribution < -0.4 is 0 Å². The van der Waals surface area contributed by atoms with Crippen molar-refractivity contribution >= 4 is 21.6 Å². The van der Waals surface area contributed by atoms with Crippen LogP contribution in [-0.2, 0) is 15.8 Å². The van der Waals surface area contributed by atoms with Crippen LogP contribution in [0.4, 0.5) is 0 Å². The fraction of sp³-hybridized carbons (Fsp3) is 0.368. The SMILES string of the molecule is CC(c1ccccc1)N1CCN(S(=O)(=O)Cc2cccc(Cl)c2)CC1. The van der Waals surface area contributed by atoms with Crippen molar-refractivity contribution < 1.29 is 8.42 Å². The van der Waals surface area contributed by atoms with E-state index in [0.717, 1.165) is 18.7 Å². The predicted molar refractivity (Wildman–Crippen MR) is 102 cm³/mol. The van der Waals surface area contributed by atoms with Crippen molar-refractivity contribution in [2.45, 2.75) is 18.7 Å². The molecule has 2 aromatic carbocycles. The number of rotatable bonds is 5. The second-order valence-electron chi connectivity index (χ2n) is 6.41. The van der Waals surface area contributed by atoms with Gasteiger partial charge in [0.25, 0.3) is 0 Å². The quantitative estimate of drug-likeness (QED) is 0.798. The molecular weight excluding hydrogens is 356 g/mol. The minimum absolute atomic E-state index is 0.00178. The average molecular weight is 379 g/mol. The van der Waals surface area contributed by atoms with E-state index in [1.54, 1.807) is 28.6 Å². The van der Waals surface area contributed by atoms with E-state index in [1.165, 1.54) is 5.56 Å². The number of benzene rings is 2. The van der Waals surface area contributed by atoms with Crippen molar-refractivity contribution in [1.29, 1.82) is 0 Å². The van der Waals surface area contributed by atoms with Crippen LogP contribution in [0.25, 0.3) is 0 Å². The lowest BCUT2D eigenvalue weighted by atomic mass is 10.1. The Morgan fingerprint density at radius 2 is 1.68 bits per heavy atom. The Hall–Kier alpha value is -1.40. The summed E-state index contributed by atoms with van der Waals surface area (Å²) in [5, 5.41) is 0.564. The Bertz CT molecular complexity index is 803. The Labute approximate surface area is 155 Å². The molecule has 6 heteroatoms. The Morgan fingerprint density at radius 3 is 2.32 bits per heavy atom. The molecule has 1 aliphatic heterocycles. The first-order valence-corrected chi connectivity index (χ1v) is 10.5. The highest BCUT2D eigenvalue weighted by molar-refractivity contribution is 7.88. The van der Waals surface area contributed by atoms with Gasteiger partial charge in [0.2, 0.25) is 10.0 Å². The number of hydrogen-bond acceptors (Lipinski definition) is 3. The van der Waals surface area contributed by atoms with Gasteiger partial charge in [0.1, 0.15) is 0 Å². The summed E-state index contributed by atoms with van der Waals surface area (Å²) in [6.45, 7) is 4.71. The number of hydrogen-bond donors (Lipinski definition) is 0. The monoisotopic (exact) mass is 378 g/mol. The molecule has 1 atom stereocenters. The molecule has 3 rings (SSSR count). The maximum Gasteiger partial charge on any atom is 0.218 e. The lowest BCUT2D eigenvalue weighted by Gasteiger charge is -2.37. The Morgan fingerprint density at radius 1 is 1.00 bits per heavy atom. The molecule has 0 spiro atoms. The summed E-state index contributed by atoms with van der Waals surface area (Å²) in [7, 11) is -3.32. The molecule has 0 N–H and O–H groups in total. The number of halogens is 1. The molecule has 1 unspecified atom stereocenters. The molecule has 134 valence electrons. The molecule has 1 aliphatic rings. The Kier molecular flexibility index (Phi) is 5.79. The molecule has 1 heterocycles.